The summed E-state index contributed by atoms with van der Waals surface area (Å²) in [5.74, 6) is 1.51. The summed E-state index contributed by atoms with van der Waals surface area (Å²) in [6.45, 7) is 8.04. The number of hydrogen-bond acceptors (Lipinski definition) is 4. The minimum atomic E-state index is -0.542. The Hall–Kier alpha value is -1.81. The van der Waals surface area contributed by atoms with Gasteiger partial charge in [-0.3, -0.25) is 0 Å². The van der Waals surface area contributed by atoms with Crippen LogP contribution in [0.25, 0.3) is 11.1 Å². The van der Waals surface area contributed by atoms with Crippen LogP contribution in [0.5, 0.6) is 5.75 Å². The van der Waals surface area contributed by atoms with Gasteiger partial charge >= 0.3 is 0 Å². The maximum absolute atomic E-state index is 9.78. The zero-order chi connectivity index (χ0) is 14.0. The number of aryl methyl sites for hydroxylation is 2. The van der Waals surface area contributed by atoms with E-state index < -0.39 is 6.10 Å². The number of ether oxygens (including phenoxy) is 1. The Morgan fingerprint density at radius 3 is 2.58 bits per heavy atom. The van der Waals surface area contributed by atoms with E-state index >= 15 is 0 Å². The predicted molar refractivity (Wildman–Crippen MR) is 73.2 cm³/mol. The van der Waals surface area contributed by atoms with Crippen molar-refractivity contribution in [2.24, 2.45) is 0 Å². The molecule has 0 spiro atoms. The molecular formula is C15H19NO3. The van der Waals surface area contributed by atoms with Crippen LogP contribution in [0, 0.1) is 13.8 Å². The molecule has 19 heavy (non-hydrogen) atoms. The van der Waals surface area contributed by atoms with Gasteiger partial charge in [0.2, 0.25) is 0 Å². The van der Waals surface area contributed by atoms with Crippen LogP contribution in [-0.4, -0.2) is 16.9 Å². The number of aliphatic hydroxyl groups excluding tert-OH is 1. The van der Waals surface area contributed by atoms with E-state index in [4.69, 9.17) is 9.26 Å². The van der Waals surface area contributed by atoms with E-state index in [1.165, 1.54) is 0 Å². The fourth-order valence-electron chi connectivity index (χ4n) is 2.15. The fraction of sp³-hybridized carbons (Fsp3) is 0.400. The molecule has 0 fully saturated rings. The monoisotopic (exact) mass is 261 g/mol. The molecule has 0 radical (unpaired) electrons. The average molecular weight is 261 g/mol. The molecule has 0 saturated heterocycles. The molecular weight excluding hydrogens is 242 g/mol. The van der Waals surface area contributed by atoms with Crippen LogP contribution in [0.3, 0.4) is 0 Å². The minimum absolute atomic E-state index is 0.542. The van der Waals surface area contributed by atoms with E-state index in [1.54, 1.807) is 6.92 Å². The molecule has 1 aromatic carbocycles. The molecule has 1 unspecified atom stereocenters. The lowest BCUT2D eigenvalue weighted by Crippen LogP contribution is -1.97. The summed E-state index contributed by atoms with van der Waals surface area (Å²) < 4.78 is 10.7. The van der Waals surface area contributed by atoms with Crippen molar-refractivity contribution in [1.29, 1.82) is 0 Å². The first kappa shape index (κ1) is 13.6. The third-order valence-corrected chi connectivity index (χ3v) is 3.04. The van der Waals surface area contributed by atoms with E-state index in [2.05, 4.69) is 5.16 Å². The van der Waals surface area contributed by atoms with Gasteiger partial charge in [0, 0.05) is 5.56 Å². The maximum Gasteiger partial charge on any atom is 0.141 e. The Morgan fingerprint density at radius 2 is 2.05 bits per heavy atom. The second-order valence-electron chi connectivity index (χ2n) is 4.60. The highest BCUT2D eigenvalue weighted by atomic mass is 16.5. The molecule has 0 aliphatic carbocycles. The highest BCUT2D eigenvalue weighted by Gasteiger charge is 2.14. The summed E-state index contributed by atoms with van der Waals surface area (Å²) in [4.78, 5) is 0. The summed E-state index contributed by atoms with van der Waals surface area (Å²) >= 11 is 0. The first-order chi connectivity index (χ1) is 9.02. The molecule has 1 heterocycles. The highest BCUT2D eigenvalue weighted by Crippen LogP contribution is 2.32. The Labute approximate surface area is 113 Å². The Morgan fingerprint density at radius 1 is 1.32 bits per heavy atom. The van der Waals surface area contributed by atoms with Crippen LogP contribution in [0.2, 0.25) is 0 Å². The number of rotatable bonds is 4. The molecule has 4 heteroatoms. The molecule has 1 N–H and O–H groups in total. The quantitative estimate of drug-likeness (QED) is 0.916. The van der Waals surface area contributed by atoms with Crippen molar-refractivity contribution in [3.63, 3.8) is 0 Å². The van der Waals surface area contributed by atoms with Gasteiger partial charge in [-0.25, -0.2) is 0 Å². The molecule has 0 amide bonds. The van der Waals surface area contributed by atoms with E-state index in [-0.39, 0.29) is 0 Å². The Bertz CT molecular complexity index is 553. The number of hydrogen-bond donors (Lipinski definition) is 1. The lowest BCUT2D eigenvalue weighted by Gasteiger charge is -2.12. The van der Waals surface area contributed by atoms with Gasteiger partial charge in [-0.2, -0.15) is 0 Å². The fourth-order valence-corrected chi connectivity index (χ4v) is 2.15. The number of nitrogens with zero attached hydrogens (tertiary/aromatic N) is 1. The molecule has 0 bridgehead atoms. The van der Waals surface area contributed by atoms with Crippen molar-refractivity contribution in [3.8, 4) is 16.9 Å². The van der Waals surface area contributed by atoms with Crippen molar-refractivity contribution in [2.75, 3.05) is 6.61 Å². The smallest absolute Gasteiger partial charge is 0.141 e. The van der Waals surface area contributed by atoms with Crippen LogP contribution >= 0.6 is 0 Å². The van der Waals surface area contributed by atoms with Crippen molar-refractivity contribution in [1.82, 2.24) is 5.16 Å². The standard InChI is InChI=1S/C15H19NO3/c1-5-18-14-7-12(10(3)17)6-13(8-14)15-9(2)16-19-11(15)4/h6-8,10,17H,5H2,1-4H3. The zero-order valence-corrected chi connectivity index (χ0v) is 11.7. The number of benzene rings is 1. The lowest BCUT2D eigenvalue weighted by atomic mass is 9.99. The van der Waals surface area contributed by atoms with Crippen LogP contribution in [0.15, 0.2) is 22.7 Å². The molecule has 2 rings (SSSR count). The maximum atomic E-state index is 9.78. The predicted octanol–water partition coefficient (Wildman–Crippen LogP) is 3.41. The van der Waals surface area contributed by atoms with Gasteiger partial charge in [0.1, 0.15) is 11.5 Å². The van der Waals surface area contributed by atoms with Gasteiger partial charge in [0.05, 0.1) is 18.4 Å². The normalized spacial score (nSPS) is 12.5. The average Bonchev–Trinajstić information content (AvgIpc) is 2.69. The van der Waals surface area contributed by atoms with Crippen molar-refractivity contribution in [2.45, 2.75) is 33.8 Å². The summed E-state index contributed by atoms with van der Waals surface area (Å²) in [5, 5.41) is 13.7. The van der Waals surface area contributed by atoms with Crippen molar-refractivity contribution >= 4 is 0 Å². The zero-order valence-electron chi connectivity index (χ0n) is 11.7. The minimum Gasteiger partial charge on any atom is -0.494 e. The molecule has 102 valence electrons. The van der Waals surface area contributed by atoms with Crippen molar-refractivity contribution in [3.05, 3.63) is 35.2 Å². The molecule has 2 aromatic rings. The van der Waals surface area contributed by atoms with Gasteiger partial charge in [-0.1, -0.05) is 5.16 Å². The summed E-state index contributed by atoms with van der Waals surface area (Å²) in [6.07, 6.45) is -0.542. The van der Waals surface area contributed by atoms with Crippen LogP contribution in [0.1, 0.15) is 37.0 Å². The first-order valence-electron chi connectivity index (χ1n) is 6.42. The highest BCUT2D eigenvalue weighted by molar-refractivity contribution is 5.70. The second-order valence-corrected chi connectivity index (χ2v) is 4.60. The number of aromatic nitrogens is 1. The molecule has 1 aromatic heterocycles. The molecule has 0 aliphatic rings. The summed E-state index contributed by atoms with van der Waals surface area (Å²) in [7, 11) is 0. The van der Waals surface area contributed by atoms with E-state index in [0.717, 1.165) is 33.9 Å². The number of aliphatic hydroxyl groups is 1. The Balaban J connectivity index is 2.56. The van der Waals surface area contributed by atoms with E-state index in [1.807, 2.05) is 39.0 Å². The van der Waals surface area contributed by atoms with Gasteiger partial charge in [0.25, 0.3) is 0 Å². The second kappa shape index (κ2) is 5.45. The van der Waals surface area contributed by atoms with Crippen LogP contribution < -0.4 is 4.74 Å². The van der Waals surface area contributed by atoms with Crippen LogP contribution in [0.4, 0.5) is 0 Å². The molecule has 0 aliphatic heterocycles. The first-order valence-corrected chi connectivity index (χ1v) is 6.42. The lowest BCUT2D eigenvalue weighted by molar-refractivity contribution is 0.198. The third-order valence-electron chi connectivity index (χ3n) is 3.04. The topological polar surface area (TPSA) is 55.5 Å². The van der Waals surface area contributed by atoms with Crippen molar-refractivity contribution < 1.29 is 14.4 Å². The van der Waals surface area contributed by atoms with E-state index in [9.17, 15) is 5.11 Å². The summed E-state index contributed by atoms with van der Waals surface area (Å²) in [5.41, 5.74) is 3.57. The largest absolute Gasteiger partial charge is 0.494 e. The third kappa shape index (κ3) is 2.79. The SMILES string of the molecule is CCOc1cc(-c2c(C)noc2C)cc(C(C)O)c1. The van der Waals surface area contributed by atoms with Gasteiger partial charge < -0.3 is 14.4 Å². The van der Waals surface area contributed by atoms with Gasteiger partial charge in [0.15, 0.2) is 0 Å². The molecule has 0 saturated carbocycles. The van der Waals surface area contributed by atoms with Gasteiger partial charge in [-0.05, 0) is 57.0 Å². The summed E-state index contributed by atoms with van der Waals surface area (Å²) in [6, 6.07) is 5.75. The molecule has 4 nitrogen and oxygen atoms in total. The van der Waals surface area contributed by atoms with E-state index in [0.29, 0.717) is 6.61 Å². The molecule has 1 atom stereocenters. The Kier molecular flexibility index (Phi) is 3.90. The van der Waals surface area contributed by atoms with Gasteiger partial charge in [-0.15, -0.1) is 0 Å². The van der Waals surface area contributed by atoms with Crippen LogP contribution in [-0.2, 0) is 0 Å².